The van der Waals surface area contributed by atoms with Gasteiger partial charge in [0.15, 0.2) is 0 Å². The van der Waals surface area contributed by atoms with Crippen LogP contribution in [0.4, 0.5) is 0 Å². The third-order valence-electron chi connectivity index (χ3n) is 4.99. The molecule has 0 fully saturated rings. The number of carbonyl (C=O) groups is 1. The number of carbonyl (C=O) groups excluding carboxylic acids is 1. The molecule has 2 N–H and O–H groups in total. The van der Waals surface area contributed by atoms with E-state index in [0.29, 0.717) is 44.6 Å². The van der Waals surface area contributed by atoms with Gasteiger partial charge in [-0.2, -0.15) is 5.26 Å². The Kier molecular flexibility index (Phi) is 5.41. The molecule has 4 aromatic rings. The maximum Gasteiger partial charge on any atom is 0.256 e. The highest BCUT2D eigenvalue weighted by molar-refractivity contribution is 5.98. The van der Waals surface area contributed by atoms with Crippen LogP contribution in [0.5, 0.6) is 0 Å². The Morgan fingerprint density at radius 2 is 1.81 bits per heavy atom. The minimum Gasteiger partial charge on any atom is -0.355 e. The number of hydrogen-bond acceptors (Lipinski definition) is 4. The molecule has 2 aromatic heterocycles. The fraction of sp³-hybridized carbons (Fsp3) is 0.0400. The van der Waals surface area contributed by atoms with E-state index in [1.807, 2.05) is 24.3 Å². The van der Waals surface area contributed by atoms with Gasteiger partial charge in [0, 0.05) is 41.7 Å². The fourth-order valence-electron chi connectivity index (χ4n) is 3.57. The van der Waals surface area contributed by atoms with Gasteiger partial charge in [-0.25, -0.2) is 0 Å². The summed E-state index contributed by atoms with van der Waals surface area (Å²) in [6, 6.07) is 21.7. The van der Waals surface area contributed by atoms with E-state index in [4.69, 9.17) is 0 Å². The summed E-state index contributed by atoms with van der Waals surface area (Å²) in [4.78, 5) is 32.6. The van der Waals surface area contributed by atoms with Gasteiger partial charge in [0.1, 0.15) is 0 Å². The Morgan fingerprint density at radius 1 is 1.00 bits per heavy atom. The van der Waals surface area contributed by atoms with Crippen molar-refractivity contribution in [2.75, 3.05) is 7.05 Å². The monoisotopic (exact) mass is 406 g/mol. The van der Waals surface area contributed by atoms with Crippen LogP contribution in [0.25, 0.3) is 33.5 Å². The van der Waals surface area contributed by atoms with Crippen molar-refractivity contribution in [2.24, 2.45) is 0 Å². The largest absolute Gasteiger partial charge is 0.355 e. The number of H-pyrrole nitrogens is 1. The molecule has 6 nitrogen and oxygen atoms in total. The minimum absolute atomic E-state index is 0.231. The third-order valence-corrected chi connectivity index (χ3v) is 4.99. The number of aromatic nitrogens is 2. The number of aromatic amines is 1. The van der Waals surface area contributed by atoms with Gasteiger partial charge in [-0.05, 0) is 35.9 Å². The lowest BCUT2D eigenvalue weighted by atomic mass is 9.88. The molecule has 0 atom stereocenters. The molecule has 2 aromatic carbocycles. The summed E-state index contributed by atoms with van der Waals surface area (Å²) in [6.07, 6.45) is 3.29. The topological polar surface area (TPSA) is 98.6 Å². The van der Waals surface area contributed by atoms with Crippen molar-refractivity contribution < 1.29 is 4.79 Å². The standard InChI is InChI=1S/C25H18N4O2/c1-27-24(30)17-9-6-8-16(13-17)22-20(21-11-4-5-12-28-21)15-29-25(31)23(22)19-10-3-2-7-18(19)14-26/h2-13,15H,1H3,(H,27,30)(H,29,31). The van der Waals surface area contributed by atoms with Crippen LogP contribution in [0.3, 0.4) is 0 Å². The summed E-state index contributed by atoms with van der Waals surface area (Å²) in [6.45, 7) is 0. The SMILES string of the molecule is CNC(=O)c1cccc(-c2c(-c3ccccn3)c[nH]c(=O)c2-c2ccccc2C#N)c1. The number of nitrogens with one attached hydrogen (secondary N) is 2. The number of benzene rings is 2. The average Bonchev–Trinajstić information content (AvgIpc) is 2.84. The van der Waals surface area contributed by atoms with Crippen LogP contribution >= 0.6 is 0 Å². The van der Waals surface area contributed by atoms with Crippen molar-refractivity contribution in [3.8, 4) is 39.6 Å². The molecule has 0 aliphatic heterocycles. The van der Waals surface area contributed by atoms with E-state index < -0.39 is 0 Å². The Morgan fingerprint density at radius 3 is 2.55 bits per heavy atom. The Bertz CT molecular complexity index is 1370. The van der Waals surface area contributed by atoms with Crippen molar-refractivity contribution in [1.82, 2.24) is 15.3 Å². The normalized spacial score (nSPS) is 10.3. The van der Waals surface area contributed by atoms with Crippen molar-refractivity contribution >= 4 is 5.91 Å². The van der Waals surface area contributed by atoms with Crippen molar-refractivity contribution in [3.63, 3.8) is 0 Å². The molecular formula is C25H18N4O2. The van der Waals surface area contributed by atoms with Crippen LogP contribution in [-0.4, -0.2) is 22.9 Å². The van der Waals surface area contributed by atoms with Gasteiger partial charge in [0.2, 0.25) is 0 Å². The summed E-state index contributed by atoms with van der Waals surface area (Å²) < 4.78 is 0. The molecule has 150 valence electrons. The molecule has 0 unspecified atom stereocenters. The van der Waals surface area contributed by atoms with Crippen molar-refractivity contribution in [3.05, 3.63) is 101 Å². The van der Waals surface area contributed by atoms with Gasteiger partial charge in [0.05, 0.1) is 22.9 Å². The summed E-state index contributed by atoms with van der Waals surface area (Å²) in [5.74, 6) is -0.231. The smallest absolute Gasteiger partial charge is 0.256 e. The molecule has 6 heteroatoms. The fourth-order valence-corrected chi connectivity index (χ4v) is 3.57. The van der Waals surface area contributed by atoms with Gasteiger partial charge >= 0.3 is 0 Å². The lowest BCUT2D eigenvalue weighted by Crippen LogP contribution is -2.17. The van der Waals surface area contributed by atoms with E-state index in [0.717, 1.165) is 0 Å². The summed E-state index contributed by atoms with van der Waals surface area (Å²) in [5.41, 5.74) is 4.03. The summed E-state index contributed by atoms with van der Waals surface area (Å²) in [7, 11) is 1.57. The zero-order chi connectivity index (χ0) is 21.8. The third kappa shape index (κ3) is 3.72. The van der Waals surface area contributed by atoms with Crippen LogP contribution in [-0.2, 0) is 0 Å². The molecule has 0 aliphatic rings. The second kappa shape index (κ2) is 8.47. The number of amides is 1. The van der Waals surface area contributed by atoms with Gasteiger partial charge in [-0.3, -0.25) is 14.6 Å². The molecule has 1 amide bonds. The molecule has 4 rings (SSSR count). The molecular weight excluding hydrogens is 388 g/mol. The molecule has 0 saturated carbocycles. The van der Waals surface area contributed by atoms with Gasteiger partial charge < -0.3 is 10.3 Å². The van der Waals surface area contributed by atoms with Crippen LogP contribution in [0.2, 0.25) is 0 Å². The predicted octanol–water partition coefficient (Wildman–Crippen LogP) is 4.00. The molecule has 0 bridgehead atoms. The van der Waals surface area contributed by atoms with E-state index in [9.17, 15) is 14.9 Å². The number of pyridine rings is 2. The highest BCUT2D eigenvalue weighted by Crippen LogP contribution is 2.38. The first-order valence-corrected chi connectivity index (χ1v) is 9.63. The number of nitriles is 1. The number of nitrogens with zero attached hydrogens (tertiary/aromatic N) is 2. The second-order valence-electron chi connectivity index (χ2n) is 6.81. The summed E-state index contributed by atoms with van der Waals surface area (Å²) >= 11 is 0. The average molecular weight is 406 g/mol. The summed E-state index contributed by atoms with van der Waals surface area (Å²) in [5, 5.41) is 12.3. The Hall–Kier alpha value is -4.50. The van der Waals surface area contributed by atoms with Crippen LogP contribution in [0.15, 0.2) is 83.9 Å². The Balaban J connectivity index is 2.11. The Labute approximate surface area is 178 Å². The highest BCUT2D eigenvalue weighted by Gasteiger charge is 2.21. The van der Waals surface area contributed by atoms with E-state index in [-0.39, 0.29) is 11.5 Å². The first-order valence-electron chi connectivity index (χ1n) is 9.63. The van der Waals surface area contributed by atoms with Crippen LogP contribution in [0, 0.1) is 11.3 Å². The van der Waals surface area contributed by atoms with E-state index in [2.05, 4.69) is 21.4 Å². The number of rotatable bonds is 4. The first kappa shape index (κ1) is 19.8. The second-order valence-corrected chi connectivity index (χ2v) is 6.81. The molecule has 0 spiro atoms. The van der Waals surface area contributed by atoms with Gasteiger partial charge in [-0.15, -0.1) is 0 Å². The van der Waals surface area contributed by atoms with Gasteiger partial charge in [0.25, 0.3) is 11.5 Å². The van der Waals surface area contributed by atoms with Crippen molar-refractivity contribution in [2.45, 2.75) is 0 Å². The highest BCUT2D eigenvalue weighted by atomic mass is 16.1. The molecule has 0 radical (unpaired) electrons. The predicted molar refractivity (Wildman–Crippen MR) is 119 cm³/mol. The molecule has 0 saturated heterocycles. The quantitative estimate of drug-likeness (QED) is 0.535. The maximum absolute atomic E-state index is 13.1. The van der Waals surface area contributed by atoms with Gasteiger partial charge in [-0.1, -0.05) is 36.4 Å². The minimum atomic E-state index is -0.331. The van der Waals surface area contributed by atoms with E-state index in [1.165, 1.54) is 0 Å². The van der Waals surface area contributed by atoms with Crippen LogP contribution < -0.4 is 10.9 Å². The molecule has 31 heavy (non-hydrogen) atoms. The first-order chi connectivity index (χ1) is 15.1. The molecule has 2 heterocycles. The van der Waals surface area contributed by atoms with Crippen LogP contribution in [0.1, 0.15) is 15.9 Å². The van der Waals surface area contributed by atoms with E-state index in [1.54, 1.807) is 61.9 Å². The lowest BCUT2D eigenvalue weighted by Gasteiger charge is -2.16. The van der Waals surface area contributed by atoms with E-state index >= 15 is 0 Å². The lowest BCUT2D eigenvalue weighted by molar-refractivity contribution is 0.0963. The van der Waals surface area contributed by atoms with Crippen molar-refractivity contribution in [1.29, 1.82) is 5.26 Å². The zero-order valence-corrected chi connectivity index (χ0v) is 16.7. The zero-order valence-electron chi connectivity index (χ0n) is 16.7. The number of hydrogen-bond donors (Lipinski definition) is 2. The maximum atomic E-state index is 13.1. The molecule has 0 aliphatic carbocycles.